The molecule has 60 valence electrons. The summed E-state index contributed by atoms with van der Waals surface area (Å²) in [5, 5.41) is 2.26. The molecule has 0 aliphatic rings. The number of hydrazine groups is 1. The van der Waals surface area contributed by atoms with Gasteiger partial charge < -0.3 is 4.90 Å². The van der Waals surface area contributed by atoms with E-state index in [-0.39, 0.29) is 0 Å². The van der Waals surface area contributed by atoms with Crippen molar-refractivity contribution in [1.82, 2.24) is 9.91 Å². The fourth-order valence-electron chi connectivity index (χ4n) is 0.593. The van der Waals surface area contributed by atoms with E-state index >= 15 is 0 Å². The highest BCUT2D eigenvalue weighted by Crippen LogP contribution is 1.89. The van der Waals surface area contributed by atoms with Crippen LogP contribution in [0.5, 0.6) is 0 Å². The number of hydrogen-bond acceptors (Lipinski definition) is 2. The van der Waals surface area contributed by atoms with Gasteiger partial charge in [0.05, 0.1) is 0 Å². The molecule has 0 spiro atoms. The molecule has 2 N–H and O–H groups in total. The lowest BCUT2D eigenvalue weighted by Crippen LogP contribution is -2.44. The minimum atomic E-state index is 0.682. The molecule has 0 heterocycles. The van der Waals surface area contributed by atoms with E-state index in [0.29, 0.717) is 5.11 Å². The third-order valence-corrected chi connectivity index (χ3v) is 1.69. The van der Waals surface area contributed by atoms with Crippen LogP contribution in [0.2, 0.25) is 0 Å². The Morgan fingerprint density at radius 2 is 2.00 bits per heavy atom. The van der Waals surface area contributed by atoms with Gasteiger partial charge in [0.2, 0.25) is 0 Å². The average molecular weight is 161 g/mol. The van der Waals surface area contributed by atoms with Crippen molar-refractivity contribution >= 4 is 17.3 Å². The second-order valence-electron chi connectivity index (χ2n) is 2.37. The monoisotopic (exact) mass is 161 g/mol. The van der Waals surface area contributed by atoms with Crippen molar-refractivity contribution in [1.29, 1.82) is 0 Å². The third-order valence-electron chi connectivity index (χ3n) is 1.09. The van der Waals surface area contributed by atoms with Gasteiger partial charge in [-0.25, -0.2) is 5.84 Å². The summed E-state index contributed by atoms with van der Waals surface area (Å²) in [6.07, 6.45) is 1.02. The Hall–Kier alpha value is -0.350. The molecule has 0 saturated heterocycles. The summed E-state index contributed by atoms with van der Waals surface area (Å²) < 4.78 is 0. The predicted molar refractivity (Wildman–Crippen MR) is 47.5 cm³/mol. The van der Waals surface area contributed by atoms with E-state index in [0.717, 1.165) is 13.0 Å². The van der Waals surface area contributed by atoms with Crippen LogP contribution in [0, 0.1) is 0 Å². The Bertz CT molecular complexity index is 114. The Morgan fingerprint density at radius 3 is 2.30 bits per heavy atom. The summed E-state index contributed by atoms with van der Waals surface area (Å²) >= 11 is 4.99. The van der Waals surface area contributed by atoms with E-state index in [1.165, 1.54) is 0 Å². The lowest BCUT2D eigenvalue weighted by atomic mass is 10.5. The van der Waals surface area contributed by atoms with E-state index in [2.05, 4.69) is 6.92 Å². The van der Waals surface area contributed by atoms with E-state index in [1.807, 2.05) is 19.0 Å². The average Bonchev–Trinajstić information content (AvgIpc) is 1.87. The van der Waals surface area contributed by atoms with Gasteiger partial charge in [0.15, 0.2) is 5.11 Å². The molecule has 0 aliphatic carbocycles. The van der Waals surface area contributed by atoms with E-state index in [4.69, 9.17) is 18.1 Å². The van der Waals surface area contributed by atoms with Gasteiger partial charge in [-0.3, -0.25) is 5.01 Å². The van der Waals surface area contributed by atoms with Gasteiger partial charge in [0, 0.05) is 20.6 Å². The number of nitrogens with two attached hydrogens (primary N) is 1. The summed E-state index contributed by atoms with van der Waals surface area (Å²) in [5.41, 5.74) is 0. The van der Waals surface area contributed by atoms with Crippen molar-refractivity contribution in [2.45, 2.75) is 13.3 Å². The van der Waals surface area contributed by atoms with Crippen LogP contribution in [0.3, 0.4) is 0 Å². The molecule has 0 unspecified atom stereocenters. The zero-order valence-corrected chi connectivity index (χ0v) is 7.61. The lowest BCUT2D eigenvalue weighted by molar-refractivity contribution is 0.390. The molecule has 4 heteroatoms. The molecule has 0 aliphatic heterocycles. The SMILES string of the molecule is CCCN(N)C(=S)N(C)C. The maximum atomic E-state index is 5.58. The molecule has 0 aromatic rings. The first-order chi connectivity index (χ1) is 4.59. The molecular weight excluding hydrogens is 146 g/mol. The fraction of sp³-hybridized carbons (Fsp3) is 0.833. The second-order valence-corrected chi connectivity index (χ2v) is 2.74. The van der Waals surface area contributed by atoms with Gasteiger partial charge in [0.1, 0.15) is 0 Å². The van der Waals surface area contributed by atoms with Gasteiger partial charge in [-0.1, -0.05) is 6.92 Å². The topological polar surface area (TPSA) is 32.5 Å². The molecular formula is C6H15N3S. The largest absolute Gasteiger partial charge is 0.354 e. The van der Waals surface area contributed by atoms with Crippen LogP contribution in [0.25, 0.3) is 0 Å². The normalized spacial score (nSPS) is 9.20. The molecule has 10 heavy (non-hydrogen) atoms. The molecule has 0 saturated carbocycles. The number of hydrogen-bond donors (Lipinski definition) is 1. The van der Waals surface area contributed by atoms with Gasteiger partial charge in [-0.05, 0) is 18.6 Å². The van der Waals surface area contributed by atoms with E-state index in [9.17, 15) is 0 Å². The van der Waals surface area contributed by atoms with Crippen molar-refractivity contribution < 1.29 is 0 Å². The number of thiocarbonyl (C=S) groups is 1. The van der Waals surface area contributed by atoms with Gasteiger partial charge in [0.25, 0.3) is 0 Å². The van der Waals surface area contributed by atoms with E-state index in [1.54, 1.807) is 5.01 Å². The summed E-state index contributed by atoms with van der Waals surface area (Å²) in [7, 11) is 3.77. The quantitative estimate of drug-likeness (QED) is 0.361. The molecule has 0 bridgehead atoms. The van der Waals surface area contributed by atoms with Crippen molar-refractivity contribution in [2.24, 2.45) is 5.84 Å². The lowest BCUT2D eigenvalue weighted by Gasteiger charge is -2.23. The first-order valence-electron chi connectivity index (χ1n) is 3.33. The molecule has 0 rings (SSSR count). The maximum Gasteiger partial charge on any atom is 0.185 e. The number of rotatable bonds is 2. The van der Waals surface area contributed by atoms with Crippen LogP contribution in [0.15, 0.2) is 0 Å². The van der Waals surface area contributed by atoms with Gasteiger partial charge >= 0.3 is 0 Å². The van der Waals surface area contributed by atoms with Crippen LogP contribution < -0.4 is 5.84 Å². The molecule has 3 nitrogen and oxygen atoms in total. The zero-order valence-electron chi connectivity index (χ0n) is 6.79. The smallest absolute Gasteiger partial charge is 0.185 e. The summed E-state index contributed by atoms with van der Waals surface area (Å²) in [6, 6.07) is 0. The van der Waals surface area contributed by atoms with Crippen LogP contribution in [-0.4, -0.2) is 35.7 Å². The highest BCUT2D eigenvalue weighted by molar-refractivity contribution is 7.80. The Balaban J connectivity index is 3.71. The molecule has 0 fully saturated rings. The highest BCUT2D eigenvalue weighted by atomic mass is 32.1. The molecule has 0 amide bonds. The highest BCUT2D eigenvalue weighted by Gasteiger charge is 2.03. The maximum absolute atomic E-state index is 5.58. The molecule has 0 aromatic heterocycles. The fourth-order valence-corrected chi connectivity index (χ4v) is 0.685. The third kappa shape index (κ3) is 2.98. The van der Waals surface area contributed by atoms with Gasteiger partial charge in [-0.15, -0.1) is 0 Å². The van der Waals surface area contributed by atoms with Gasteiger partial charge in [-0.2, -0.15) is 0 Å². The minimum absolute atomic E-state index is 0.682. The predicted octanol–water partition coefficient (Wildman–Crippen LogP) is 0.419. The second kappa shape index (κ2) is 4.46. The standard InChI is InChI=1S/C6H15N3S/c1-4-5-9(7)6(10)8(2)3/h4-5,7H2,1-3H3. The van der Waals surface area contributed by atoms with Crippen LogP contribution in [0.4, 0.5) is 0 Å². The van der Waals surface area contributed by atoms with Crippen molar-refractivity contribution in [3.8, 4) is 0 Å². The zero-order chi connectivity index (χ0) is 8.15. The summed E-state index contributed by atoms with van der Waals surface area (Å²) in [5.74, 6) is 5.58. The van der Waals surface area contributed by atoms with Crippen molar-refractivity contribution in [3.05, 3.63) is 0 Å². The van der Waals surface area contributed by atoms with Crippen LogP contribution in [-0.2, 0) is 0 Å². The van der Waals surface area contributed by atoms with E-state index < -0.39 is 0 Å². The Kier molecular flexibility index (Phi) is 4.31. The van der Waals surface area contributed by atoms with Crippen molar-refractivity contribution in [3.63, 3.8) is 0 Å². The Morgan fingerprint density at radius 1 is 1.50 bits per heavy atom. The first-order valence-corrected chi connectivity index (χ1v) is 3.74. The van der Waals surface area contributed by atoms with Crippen LogP contribution in [0.1, 0.15) is 13.3 Å². The number of nitrogens with zero attached hydrogens (tertiary/aromatic N) is 2. The minimum Gasteiger partial charge on any atom is -0.354 e. The molecule has 0 aromatic carbocycles. The molecule has 0 atom stereocenters. The summed E-state index contributed by atoms with van der Waals surface area (Å²) in [6.45, 7) is 2.88. The first kappa shape index (κ1) is 9.65. The molecule has 0 radical (unpaired) electrons. The Labute approximate surface area is 67.8 Å². The van der Waals surface area contributed by atoms with Crippen LogP contribution >= 0.6 is 12.2 Å². The van der Waals surface area contributed by atoms with Crippen molar-refractivity contribution in [2.75, 3.05) is 20.6 Å². The summed E-state index contributed by atoms with van der Waals surface area (Å²) in [4.78, 5) is 1.82.